The number of hydrogen-bond acceptors (Lipinski definition) is 4. The van der Waals surface area contributed by atoms with Gasteiger partial charge in [0.1, 0.15) is 0 Å². The van der Waals surface area contributed by atoms with Gasteiger partial charge in [-0.15, -0.1) is 0 Å². The summed E-state index contributed by atoms with van der Waals surface area (Å²) >= 11 is 0. The van der Waals surface area contributed by atoms with Gasteiger partial charge in [0.25, 0.3) is 0 Å². The highest BCUT2D eigenvalue weighted by Gasteiger charge is 2.38. The molecule has 2 unspecified atom stereocenters. The van der Waals surface area contributed by atoms with Gasteiger partial charge >= 0.3 is 6.18 Å². The van der Waals surface area contributed by atoms with E-state index in [1.165, 1.54) is 0 Å². The van der Waals surface area contributed by atoms with Crippen LogP contribution in [0.1, 0.15) is 12.8 Å². The molecule has 1 fully saturated rings. The molecule has 0 bridgehead atoms. The third-order valence-corrected chi connectivity index (χ3v) is 4.26. The van der Waals surface area contributed by atoms with Crippen molar-refractivity contribution in [2.75, 3.05) is 18.1 Å². The molecule has 8 heteroatoms. The van der Waals surface area contributed by atoms with Crippen LogP contribution in [-0.2, 0) is 9.84 Å². The molecule has 0 spiro atoms. The number of hydrogen-bond donors (Lipinski definition) is 2. The van der Waals surface area contributed by atoms with Crippen molar-refractivity contribution in [2.45, 2.75) is 31.2 Å². The van der Waals surface area contributed by atoms with Crippen LogP contribution in [0.25, 0.3) is 0 Å². The zero-order valence-corrected chi connectivity index (χ0v) is 9.31. The number of halogens is 3. The van der Waals surface area contributed by atoms with Gasteiger partial charge in [-0.3, -0.25) is 0 Å². The fourth-order valence-corrected chi connectivity index (χ4v) is 3.25. The Morgan fingerprint density at radius 3 is 2.56 bits per heavy atom. The summed E-state index contributed by atoms with van der Waals surface area (Å²) < 4.78 is 58.2. The zero-order chi connectivity index (χ0) is 12.4. The predicted octanol–water partition coefficient (Wildman–Crippen LogP) is 0.0764. The first-order chi connectivity index (χ1) is 7.21. The SMILES string of the molecule is O=S1(=O)CCCC(NCC(O)C(F)(F)F)C1. The van der Waals surface area contributed by atoms with E-state index in [0.717, 1.165) is 0 Å². The smallest absolute Gasteiger partial charge is 0.382 e. The summed E-state index contributed by atoms with van der Waals surface area (Å²) in [7, 11) is -3.14. The molecule has 96 valence electrons. The minimum Gasteiger partial charge on any atom is -0.382 e. The zero-order valence-electron chi connectivity index (χ0n) is 8.50. The lowest BCUT2D eigenvalue weighted by Crippen LogP contribution is -2.46. The lowest BCUT2D eigenvalue weighted by Gasteiger charge is -2.24. The second kappa shape index (κ2) is 4.89. The molecule has 1 saturated heterocycles. The summed E-state index contributed by atoms with van der Waals surface area (Å²) in [5.41, 5.74) is 0. The predicted molar refractivity (Wildman–Crippen MR) is 51.7 cm³/mol. The van der Waals surface area contributed by atoms with E-state index in [2.05, 4.69) is 5.32 Å². The van der Waals surface area contributed by atoms with Crippen LogP contribution >= 0.6 is 0 Å². The molecular formula is C8H14F3NO3S. The number of sulfone groups is 1. The summed E-state index contributed by atoms with van der Waals surface area (Å²) in [6.07, 6.45) is -6.15. The molecule has 0 aliphatic carbocycles. The van der Waals surface area contributed by atoms with E-state index < -0.39 is 34.7 Å². The third kappa shape index (κ3) is 4.26. The van der Waals surface area contributed by atoms with Crippen LogP contribution in [0.4, 0.5) is 13.2 Å². The maximum atomic E-state index is 11.9. The van der Waals surface area contributed by atoms with Crippen molar-refractivity contribution in [3.63, 3.8) is 0 Å². The lowest BCUT2D eigenvalue weighted by atomic mass is 10.2. The van der Waals surface area contributed by atoms with Crippen molar-refractivity contribution in [3.05, 3.63) is 0 Å². The lowest BCUT2D eigenvalue weighted by molar-refractivity contribution is -0.202. The van der Waals surface area contributed by atoms with Crippen LogP contribution in [0.3, 0.4) is 0 Å². The van der Waals surface area contributed by atoms with E-state index in [0.29, 0.717) is 12.8 Å². The van der Waals surface area contributed by atoms with Gasteiger partial charge in [0.05, 0.1) is 11.5 Å². The summed E-state index contributed by atoms with van der Waals surface area (Å²) in [6.45, 7) is -0.663. The molecular weight excluding hydrogens is 247 g/mol. The highest BCUT2D eigenvalue weighted by Crippen LogP contribution is 2.20. The molecule has 0 saturated carbocycles. The monoisotopic (exact) mass is 261 g/mol. The fraction of sp³-hybridized carbons (Fsp3) is 1.00. The van der Waals surface area contributed by atoms with E-state index in [9.17, 15) is 21.6 Å². The van der Waals surface area contributed by atoms with E-state index in [4.69, 9.17) is 5.11 Å². The van der Waals surface area contributed by atoms with Crippen molar-refractivity contribution in [2.24, 2.45) is 0 Å². The summed E-state index contributed by atoms with van der Waals surface area (Å²) in [6, 6.07) is -0.490. The van der Waals surface area contributed by atoms with Crippen LogP contribution in [0.5, 0.6) is 0 Å². The van der Waals surface area contributed by atoms with Crippen LogP contribution in [0.2, 0.25) is 0 Å². The molecule has 2 N–H and O–H groups in total. The van der Waals surface area contributed by atoms with Gasteiger partial charge in [0, 0.05) is 12.6 Å². The van der Waals surface area contributed by atoms with Gasteiger partial charge in [-0.2, -0.15) is 13.2 Å². The average molecular weight is 261 g/mol. The van der Waals surface area contributed by atoms with E-state index in [-0.39, 0.29) is 11.5 Å². The molecule has 0 radical (unpaired) electrons. The first-order valence-corrected chi connectivity index (χ1v) is 6.71. The van der Waals surface area contributed by atoms with Gasteiger partial charge in [-0.05, 0) is 12.8 Å². The molecule has 0 aromatic heterocycles. The standard InChI is InChI=1S/C8H14F3NO3S/c9-8(10,11)7(13)4-12-6-2-1-3-16(14,15)5-6/h6-7,12-13H,1-5H2. The van der Waals surface area contributed by atoms with Crippen LogP contribution in [0, 0.1) is 0 Å². The van der Waals surface area contributed by atoms with Crippen molar-refractivity contribution in [1.82, 2.24) is 5.32 Å². The second-order valence-corrected chi connectivity index (χ2v) is 6.15. The van der Waals surface area contributed by atoms with Crippen LogP contribution < -0.4 is 5.32 Å². The molecule has 4 nitrogen and oxygen atoms in total. The van der Waals surface area contributed by atoms with Crippen molar-refractivity contribution >= 4 is 9.84 Å². The Morgan fingerprint density at radius 2 is 2.06 bits per heavy atom. The number of rotatable bonds is 3. The van der Waals surface area contributed by atoms with Crippen molar-refractivity contribution in [3.8, 4) is 0 Å². The Hall–Kier alpha value is -0.340. The van der Waals surface area contributed by atoms with Crippen molar-refractivity contribution < 1.29 is 26.7 Å². The Morgan fingerprint density at radius 1 is 1.44 bits per heavy atom. The Kier molecular flexibility index (Phi) is 4.19. The molecule has 0 aromatic carbocycles. The van der Waals surface area contributed by atoms with Crippen molar-refractivity contribution in [1.29, 1.82) is 0 Å². The molecule has 0 amide bonds. The third-order valence-electron chi connectivity index (χ3n) is 2.44. The Bertz CT molecular complexity index is 328. The summed E-state index contributed by atoms with van der Waals surface area (Å²) in [5, 5.41) is 11.1. The largest absolute Gasteiger partial charge is 0.415 e. The first-order valence-electron chi connectivity index (χ1n) is 4.89. The first kappa shape index (κ1) is 13.7. The summed E-state index contributed by atoms with van der Waals surface area (Å²) in [5.74, 6) is -0.0649. The number of aliphatic hydroxyl groups excluding tert-OH is 1. The van der Waals surface area contributed by atoms with Gasteiger partial charge in [-0.25, -0.2) is 8.42 Å². The van der Waals surface area contributed by atoms with Gasteiger partial charge in [0.2, 0.25) is 0 Å². The molecule has 1 aliphatic heterocycles. The molecule has 1 aliphatic rings. The molecule has 1 rings (SSSR count). The Labute approximate surface area is 91.8 Å². The molecule has 1 heterocycles. The van der Waals surface area contributed by atoms with Crippen LogP contribution in [-0.4, -0.2) is 49.9 Å². The number of nitrogens with one attached hydrogen (secondary N) is 1. The molecule has 2 atom stereocenters. The second-order valence-electron chi connectivity index (χ2n) is 3.92. The van der Waals surface area contributed by atoms with E-state index >= 15 is 0 Å². The van der Waals surface area contributed by atoms with Gasteiger partial charge in [-0.1, -0.05) is 0 Å². The quantitative estimate of drug-likeness (QED) is 0.755. The van der Waals surface area contributed by atoms with Gasteiger partial charge < -0.3 is 10.4 Å². The summed E-state index contributed by atoms with van der Waals surface area (Å²) in [4.78, 5) is 0. The van der Waals surface area contributed by atoms with Gasteiger partial charge in [0.15, 0.2) is 15.9 Å². The average Bonchev–Trinajstić information content (AvgIpc) is 2.11. The number of aliphatic hydroxyl groups is 1. The highest BCUT2D eigenvalue weighted by molar-refractivity contribution is 7.91. The number of alkyl halides is 3. The topological polar surface area (TPSA) is 66.4 Å². The minimum absolute atomic E-state index is 0.0903. The fourth-order valence-electron chi connectivity index (χ4n) is 1.58. The molecule has 0 aromatic rings. The maximum absolute atomic E-state index is 11.9. The Balaban J connectivity index is 2.39. The van der Waals surface area contributed by atoms with E-state index in [1.807, 2.05) is 0 Å². The molecule has 16 heavy (non-hydrogen) atoms. The maximum Gasteiger partial charge on any atom is 0.415 e. The van der Waals surface area contributed by atoms with E-state index in [1.54, 1.807) is 0 Å². The highest BCUT2D eigenvalue weighted by atomic mass is 32.2. The van der Waals surface area contributed by atoms with Crippen LogP contribution in [0.15, 0.2) is 0 Å². The minimum atomic E-state index is -4.67. The normalized spacial score (nSPS) is 27.6.